The number of nitrogens with zero attached hydrogens (tertiary/aromatic N) is 4. The quantitative estimate of drug-likeness (QED) is 0.663. The third kappa shape index (κ3) is 4.54. The second-order valence-corrected chi connectivity index (χ2v) is 5.80. The standard InChI is InChI=1S/C17H17ClN6O/c1-12-8-11-24(23-12)16-7-6-15(21-22-16)19-9-10-20-17(25)13-2-4-14(18)5-3-13/h2-8,11H,9-10H2,1H3,(H,19,21)(H,20,25). The molecule has 7 nitrogen and oxygen atoms in total. The topological polar surface area (TPSA) is 84.7 Å². The summed E-state index contributed by atoms with van der Waals surface area (Å²) in [7, 11) is 0. The Morgan fingerprint density at radius 2 is 1.88 bits per heavy atom. The van der Waals surface area contributed by atoms with Gasteiger partial charge in [-0.25, -0.2) is 4.68 Å². The van der Waals surface area contributed by atoms with Gasteiger partial charge in [0.2, 0.25) is 0 Å². The van der Waals surface area contributed by atoms with Gasteiger partial charge in [0, 0.05) is 29.9 Å². The number of carbonyl (C=O) groups is 1. The van der Waals surface area contributed by atoms with Gasteiger partial charge >= 0.3 is 0 Å². The van der Waals surface area contributed by atoms with Crippen LogP contribution in [0, 0.1) is 6.92 Å². The molecule has 0 spiro atoms. The number of halogens is 1. The van der Waals surface area contributed by atoms with Crippen molar-refractivity contribution >= 4 is 23.3 Å². The number of benzene rings is 1. The molecule has 0 bridgehead atoms. The van der Waals surface area contributed by atoms with E-state index in [1.165, 1.54) is 0 Å². The molecular formula is C17H17ClN6O. The van der Waals surface area contributed by atoms with Crippen LogP contribution >= 0.6 is 11.6 Å². The van der Waals surface area contributed by atoms with E-state index in [1.807, 2.05) is 31.3 Å². The van der Waals surface area contributed by atoms with Gasteiger partial charge in [-0.2, -0.15) is 5.10 Å². The maximum atomic E-state index is 12.0. The van der Waals surface area contributed by atoms with Crippen LogP contribution in [0.3, 0.4) is 0 Å². The molecule has 2 aromatic heterocycles. The Labute approximate surface area is 150 Å². The predicted octanol–water partition coefficient (Wildman–Crippen LogP) is 2.47. The SMILES string of the molecule is Cc1ccn(-c2ccc(NCCNC(=O)c3ccc(Cl)cc3)nn2)n1. The Morgan fingerprint density at radius 1 is 1.08 bits per heavy atom. The molecule has 2 heterocycles. The molecule has 128 valence electrons. The summed E-state index contributed by atoms with van der Waals surface area (Å²) in [5.41, 5.74) is 1.49. The molecule has 0 atom stereocenters. The molecule has 1 amide bonds. The summed E-state index contributed by atoms with van der Waals surface area (Å²) in [6.45, 7) is 2.91. The van der Waals surface area contributed by atoms with Crippen molar-refractivity contribution in [3.8, 4) is 5.82 Å². The molecule has 8 heteroatoms. The lowest BCUT2D eigenvalue weighted by molar-refractivity contribution is 0.0955. The largest absolute Gasteiger partial charge is 0.367 e. The molecule has 0 aliphatic rings. The van der Waals surface area contributed by atoms with Crippen LogP contribution in [0.25, 0.3) is 5.82 Å². The van der Waals surface area contributed by atoms with Gasteiger partial charge in [0.1, 0.15) is 5.82 Å². The van der Waals surface area contributed by atoms with Gasteiger partial charge in [-0.1, -0.05) is 11.6 Å². The molecule has 3 aromatic rings. The van der Waals surface area contributed by atoms with Crippen LogP contribution < -0.4 is 10.6 Å². The second kappa shape index (κ2) is 7.76. The predicted molar refractivity (Wildman–Crippen MR) is 96.2 cm³/mol. The number of carbonyl (C=O) groups excluding carboxylic acids is 1. The molecule has 0 radical (unpaired) electrons. The lowest BCUT2D eigenvalue weighted by Gasteiger charge is -2.07. The van der Waals surface area contributed by atoms with Crippen LogP contribution in [0.1, 0.15) is 16.1 Å². The van der Waals surface area contributed by atoms with Gasteiger partial charge in [-0.3, -0.25) is 4.79 Å². The van der Waals surface area contributed by atoms with Gasteiger partial charge < -0.3 is 10.6 Å². The fourth-order valence-corrected chi connectivity index (χ4v) is 2.28. The highest BCUT2D eigenvalue weighted by atomic mass is 35.5. The van der Waals surface area contributed by atoms with Crippen LogP contribution in [0.5, 0.6) is 0 Å². The number of aryl methyl sites for hydroxylation is 1. The van der Waals surface area contributed by atoms with E-state index in [0.717, 1.165) is 5.69 Å². The van der Waals surface area contributed by atoms with E-state index in [-0.39, 0.29) is 5.91 Å². The van der Waals surface area contributed by atoms with Crippen molar-refractivity contribution in [3.05, 3.63) is 64.9 Å². The van der Waals surface area contributed by atoms with Crippen LogP contribution in [-0.4, -0.2) is 39.0 Å². The van der Waals surface area contributed by atoms with Crippen molar-refractivity contribution in [2.45, 2.75) is 6.92 Å². The number of hydrogen-bond acceptors (Lipinski definition) is 5. The lowest BCUT2D eigenvalue weighted by Crippen LogP contribution is -2.28. The minimum absolute atomic E-state index is 0.144. The Bertz CT molecular complexity index is 844. The van der Waals surface area contributed by atoms with Gasteiger partial charge in [0.25, 0.3) is 5.91 Å². The number of hydrogen-bond donors (Lipinski definition) is 2. The highest BCUT2D eigenvalue weighted by Crippen LogP contribution is 2.09. The van der Waals surface area contributed by atoms with Crippen molar-refractivity contribution in [2.75, 3.05) is 18.4 Å². The van der Waals surface area contributed by atoms with Gasteiger partial charge in [-0.15, -0.1) is 10.2 Å². The average molecular weight is 357 g/mol. The molecule has 2 N–H and O–H groups in total. The smallest absolute Gasteiger partial charge is 0.251 e. The van der Waals surface area contributed by atoms with Crippen molar-refractivity contribution in [1.82, 2.24) is 25.3 Å². The number of nitrogens with one attached hydrogen (secondary N) is 2. The third-order valence-electron chi connectivity index (χ3n) is 3.43. The molecule has 1 aromatic carbocycles. The summed E-state index contributed by atoms with van der Waals surface area (Å²) in [6.07, 6.45) is 1.83. The normalized spacial score (nSPS) is 10.5. The molecule has 0 aliphatic heterocycles. The summed E-state index contributed by atoms with van der Waals surface area (Å²) in [5.74, 6) is 1.14. The second-order valence-electron chi connectivity index (χ2n) is 5.37. The third-order valence-corrected chi connectivity index (χ3v) is 3.68. The molecule has 3 rings (SSSR count). The molecule has 25 heavy (non-hydrogen) atoms. The molecule has 0 saturated heterocycles. The maximum absolute atomic E-state index is 12.0. The zero-order valence-electron chi connectivity index (χ0n) is 13.6. The molecule has 0 fully saturated rings. The van der Waals surface area contributed by atoms with Gasteiger partial charge in [-0.05, 0) is 49.4 Å². The van der Waals surface area contributed by atoms with E-state index in [4.69, 9.17) is 11.6 Å². The van der Waals surface area contributed by atoms with Crippen LogP contribution in [0.15, 0.2) is 48.7 Å². The average Bonchev–Trinajstić information content (AvgIpc) is 3.06. The zero-order valence-corrected chi connectivity index (χ0v) is 14.4. The van der Waals surface area contributed by atoms with E-state index in [9.17, 15) is 4.79 Å². The highest BCUT2D eigenvalue weighted by molar-refractivity contribution is 6.30. The first-order valence-electron chi connectivity index (χ1n) is 7.76. The van der Waals surface area contributed by atoms with Crippen LogP contribution in [0.2, 0.25) is 5.02 Å². The van der Waals surface area contributed by atoms with Crippen molar-refractivity contribution in [2.24, 2.45) is 0 Å². The first-order valence-corrected chi connectivity index (χ1v) is 8.13. The van der Waals surface area contributed by atoms with Crippen molar-refractivity contribution in [1.29, 1.82) is 0 Å². The summed E-state index contributed by atoms with van der Waals surface area (Å²) >= 11 is 5.80. The monoisotopic (exact) mass is 356 g/mol. The summed E-state index contributed by atoms with van der Waals surface area (Å²) in [6, 6.07) is 12.3. The Morgan fingerprint density at radius 3 is 2.52 bits per heavy atom. The van der Waals surface area contributed by atoms with Gasteiger partial charge in [0.15, 0.2) is 5.82 Å². The Balaban J connectivity index is 1.46. The van der Waals surface area contributed by atoms with E-state index in [2.05, 4.69) is 25.9 Å². The van der Waals surface area contributed by atoms with Crippen molar-refractivity contribution < 1.29 is 4.79 Å². The molecule has 0 unspecified atom stereocenters. The minimum atomic E-state index is -0.144. The summed E-state index contributed by atoms with van der Waals surface area (Å²) in [4.78, 5) is 12.0. The minimum Gasteiger partial charge on any atom is -0.367 e. The first kappa shape index (κ1) is 16.9. The highest BCUT2D eigenvalue weighted by Gasteiger charge is 2.05. The number of anilines is 1. The van der Waals surface area contributed by atoms with Crippen molar-refractivity contribution in [3.63, 3.8) is 0 Å². The zero-order chi connectivity index (χ0) is 17.6. The number of rotatable bonds is 6. The Kier molecular flexibility index (Phi) is 5.25. The number of amides is 1. The van der Waals surface area contributed by atoms with E-state index in [0.29, 0.717) is 35.3 Å². The van der Waals surface area contributed by atoms with E-state index in [1.54, 1.807) is 28.9 Å². The van der Waals surface area contributed by atoms with Gasteiger partial charge in [0.05, 0.1) is 5.69 Å². The Hall–Kier alpha value is -2.93. The van der Waals surface area contributed by atoms with Crippen LogP contribution in [-0.2, 0) is 0 Å². The molecule has 0 saturated carbocycles. The summed E-state index contributed by atoms with van der Waals surface area (Å²) < 4.78 is 1.67. The van der Waals surface area contributed by atoms with E-state index < -0.39 is 0 Å². The molecular weight excluding hydrogens is 340 g/mol. The number of aromatic nitrogens is 4. The summed E-state index contributed by atoms with van der Waals surface area (Å²) in [5, 5.41) is 19.0. The van der Waals surface area contributed by atoms with Crippen LogP contribution in [0.4, 0.5) is 5.82 Å². The first-order chi connectivity index (χ1) is 12.1. The molecule has 0 aliphatic carbocycles. The van der Waals surface area contributed by atoms with E-state index >= 15 is 0 Å². The fourth-order valence-electron chi connectivity index (χ4n) is 2.15. The fraction of sp³-hybridized carbons (Fsp3) is 0.176. The lowest BCUT2D eigenvalue weighted by atomic mass is 10.2. The maximum Gasteiger partial charge on any atom is 0.251 e.